The van der Waals surface area contributed by atoms with Gasteiger partial charge in [0, 0.05) is 19.3 Å². The van der Waals surface area contributed by atoms with Crippen molar-refractivity contribution in [1.29, 1.82) is 0 Å². The molecule has 2 nitrogen and oxygen atoms in total. The van der Waals surface area contributed by atoms with E-state index in [1.165, 1.54) is 0 Å². The van der Waals surface area contributed by atoms with Crippen LogP contribution in [-0.2, 0) is 4.74 Å². The lowest BCUT2D eigenvalue weighted by molar-refractivity contribution is 0.214. The van der Waals surface area contributed by atoms with Crippen LogP contribution in [0.5, 0.6) is 5.75 Å². The Kier molecular flexibility index (Phi) is 5.03. The van der Waals surface area contributed by atoms with Crippen LogP contribution < -0.4 is 4.43 Å². The molecule has 0 radical (unpaired) electrons. The molecule has 0 bridgehead atoms. The summed E-state index contributed by atoms with van der Waals surface area (Å²) in [5.74, 6) is 0.949. The second-order valence-electron chi connectivity index (χ2n) is 2.94. The van der Waals surface area contributed by atoms with Gasteiger partial charge in [0.15, 0.2) is 0 Å². The number of ether oxygens (including phenoxy) is 1. The number of methoxy groups -OCH3 is 1. The third kappa shape index (κ3) is 3.36. The monoisotopic (exact) mass is 208 g/mol. The normalized spacial score (nSPS) is 10.6. The molecule has 0 amide bonds. The van der Waals surface area contributed by atoms with Gasteiger partial charge in [-0.1, -0.05) is 30.9 Å². The second kappa shape index (κ2) is 6.40. The highest BCUT2D eigenvalue weighted by molar-refractivity contribution is 6.28. The fourth-order valence-corrected chi connectivity index (χ4v) is 2.20. The molecule has 1 aromatic carbocycles. The summed E-state index contributed by atoms with van der Waals surface area (Å²) >= 11 is 0. The van der Waals surface area contributed by atoms with Gasteiger partial charge in [0.25, 0.3) is 0 Å². The largest absolute Gasteiger partial charge is 0.549 e. The van der Waals surface area contributed by atoms with Crippen LogP contribution in [0.1, 0.15) is 5.56 Å². The zero-order valence-electron chi connectivity index (χ0n) is 8.53. The molecule has 0 aliphatic rings. The maximum atomic E-state index is 5.72. The first kappa shape index (κ1) is 11.0. The minimum atomic E-state index is -0.501. The van der Waals surface area contributed by atoms with Gasteiger partial charge in [0.2, 0.25) is 9.76 Å². The number of rotatable bonds is 6. The van der Waals surface area contributed by atoms with Crippen molar-refractivity contribution in [1.82, 2.24) is 0 Å². The van der Waals surface area contributed by atoms with Crippen molar-refractivity contribution in [3.8, 4) is 5.75 Å². The van der Waals surface area contributed by atoms with E-state index in [4.69, 9.17) is 9.16 Å². The molecule has 3 heteroatoms. The predicted molar refractivity (Wildman–Crippen MR) is 62.4 cm³/mol. The Bertz CT molecular complexity index is 286. The fraction of sp³-hybridized carbons (Fsp3) is 0.273. The van der Waals surface area contributed by atoms with Crippen LogP contribution in [0.3, 0.4) is 0 Å². The summed E-state index contributed by atoms with van der Waals surface area (Å²) in [6.07, 6.45) is 1.82. The molecule has 0 aliphatic heterocycles. The van der Waals surface area contributed by atoms with Crippen LogP contribution in [0.2, 0.25) is 6.04 Å². The van der Waals surface area contributed by atoms with Gasteiger partial charge in [-0.3, -0.25) is 0 Å². The van der Waals surface area contributed by atoms with Gasteiger partial charge in [-0.2, -0.15) is 0 Å². The highest BCUT2D eigenvalue weighted by Gasteiger charge is 1.98. The average Bonchev–Trinajstić information content (AvgIpc) is 2.25. The number of hydrogen-bond donors (Lipinski definition) is 0. The topological polar surface area (TPSA) is 18.5 Å². The number of benzene rings is 1. The van der Waals surface area contributed by atoms with E-state index in [0.29, 0.717) is 0 Å². The zero-order chi connectivity index (χ0) is 10.2. The van der Waals surface area contributed by atoms with Crippen LogP contribution in [-0.4, -0.2) is 23.5 Å². The maximum Gasteiger partial charge on any atom is 0.221 e. The van der Waals surface area contributed by atoms with E-state index in [1.807, 2.05) is 30.3 Å². The van der Waals surface area contributed by atoms with Crippen LogP contribution in [0.25, 0.3) is 6.08 Å². The van der Waals surface area contributed by atoms with Crippen molar-refractivity contribution in [2.24, 2.45) is 0 Å². The molecule has 76 valence electrons. The molecule has 0 aromatic heterocycles. The van der Waals surface area contributed by atoms with Crippen molar-refractivity contribution >= 4 is 15.8 Å². The van der Waals surface area contributed by atoms with Crippen molar-refractivity contribution in [2.75, 3.05) is 13.7 Å². The summed E-state index contributed by atoms with van der Waals surface area (Å²) in [4.78, 5) is 0. The Balaban J connectivity index is 2.45. The summed E-state index contributed by atoms with van der Waals surface area (Å²) in [5, 5.41) is 0. The molecule has 0 unspecified atom stereocenters. The Labute approximate surface area is 87.5 Å². The first-order chi connectivity index (χ1) is 6.88. The van der Waals surface area contributed by atoms with Gasteiger partial charge in [0.05, 0.1) is 0 Å². The highest BCUT2D eigenvalue weighted by atomic mass is 28.2. The van der Waals surface area contributed by atoms with Gasteiger partial charge < -0.3 is 9.16 Å². The molecule has 0 atom stereocenters. The van der Waals surface area contributed by atoms with Gasteiger partial charge in [-0.15, -0.1) is 0 Å². The van der Waals surface area contributed by atoms with Gasteiger partial charge in [0.1, 0.15) is 5.75 Å². The molecule has 0 spiro atoms. The van der Waals surface area contributed by atoms with Crippen LogP contribution >= 0.6 is 0 Å². The van der Waals surface area contributed by atoms with Crippen molar-refractivity contribution in [3.63, 3.8) is 0 Å². The summed E-state index contributed by atoms with van der Waals surface area (Å²) in [7, 11) is 1.21. The third-order valence-corrected chi connectivity index (χ3v) is 2.98. The van der Waals surface area contributed by atoms with Gasteiger partial charge in [-0.05, 0) is 12.1 Å². The lowest BCUT2D eigenvalue weighted by Gasteiger charge is -2.08. The SMILES string of the molecule is C=Cc1ccccc1O[SiH2]CCOC. The minimum Gasteiger partial charge on any atom is -0.549 e. The highest BCUT2D eigenvalue weighted by Crippen LogP contribution is 2.18. The molecular weight excluding hydrogens is 192 g/mol. The van der Waals surface area contributed by atoms with E-state index in [9.17, 15) is 0 Å². The standard InChI is InChI=1S/C11H16O2Si/c1-3-10-6-4-5-7-11(10)13-14-9-8-12-2/h3-7H,1,8-9,14H2,2H3. The summed E-state index contributed by atoms with van der Waals surface area (Å²) < 4.78 is 10.7. The van der Waals surface area contributed by atoms with E-state index < -0.39 is 9.76 Å². The average molecular weight is 208 g/mol. The Hall–Kier alpha value is -1.06. The molecule has 0 N–H and O–H groups in total. The first-order valence-corrected chi connectivity index (χ1v) is 6.29. The van der Waals surface area contributed by atoms with Crippen molar-refractivity contribution in [2.45, 2.75) is 6.04 Å². The molecule has 1 rings (SSSR count). The smallest absolute Gasteiger partial charge is 0.221 e. The predicted octanol–water partition coefficient (Wildman–Crippen LogP) is 1.86. The molecule has 1 aromatic rings. The number of hydrogen-bond acceptors (Lipinski definition) is 2. The van der Waals surface area contributed by atoms with Crippen molar-refractivity contribution in [3.05, 3.63) is 36.4 Å². The Morgan fingerprint density at radius 2 is 2.21 bits per heavy atom. The summed E-state index contributed by atoms with van der Waals surface area (Å²) in [5.41, 5.74) is 1.07. The molecule has 0 fully saturated rings. The van der Waals surface area contributed by atoms with Crippen LogP contribution in [0, 0.1) is 0 Å². The Morgan fingerprint density at radius 3 is 2.93 bits per heavy atom. The number of para-hydroxylation sites is 1. The minimum absolute atomic E-state index is 0.501. The van der Waals surface area contributed by atoms with E-state index in [1.54, 1.807) is 7.11 Å². The lowest BCUT2D eigenvalue weighted by Crippen LogP contribution is -2.05. The lowest BCUT2D eigenvalue weighted by atomic mass is 10.2. The maximum absolute atomic E-state index is 5.72. The third-order valence-electron chi connectivity index (χ3n) is 1.89. The van der Waals surface area contributed by atoms with Gasteiger partial charge in [-0.25, -0.2) is 0 Å². The fourth-order valence-electron chi connectivity index (χ4n) is 1.17. The molecule has 0 heterocycles. The van der Waals surface area contributed by atoms with Crippen molar-refractivity contribution < 1.29 is 9.16 Å². The summed E-state index contributed by atoms with van der Waals surface area (Å²) in [6, 6.07) is 9.00. The zero-order valence-corrected chi connectivity index (χ0v) is 9.95. The molecular formula is C11H16O2Si. The molecule has 0 saturated heterocycles. The molecule has 0 aliphatic carbocycles. The summed E-state index contributed by atoms with van der Waals surface area (Å²) in [6.45, 7) is 4.54. The first-order valence-electron chi connectivity index (χ1n) is 4.71. The van der Waals surface area contributed by atoms with E-state index in [2.05, 4.69) is 6.58 Å². The van der Waals surface area contributed by atoms with E-state index in [0.717, 1.165) is 24.0 Å². The quantitative estimate of drug-likeness (QED) is 0.525. The second-order valence-corrected chi connectivity index (χ2v) is 4.34. The van der Waals surface area contributed by atoms with Crippen LogP contribution in [0.15, 0.2) is 30.8 Å². The van der Waals surface area contributed by atoms with Gasteiger partial charge >= 0.3 is 0 Å². The molecule has 0 saturated carbocycles. The van der Waals surface area contributed by atoms with E-state index >= 15 is 0 Å². The van der Waals surface area contributed by atoms with E-state index in [-0.39, 0.29) is 0 Å². The molecule has 14 heavy (non-hydrogen) atoms. The van der Waals surface area contributed by atoms with Crippen LogP contribution in [0.4, 0.5) is 0 Å². The Morgan fingerprint density at radius 1 is 1.43 bits per heavy atom.